The second-order valence-electron chi connectivity index (χ2n) is 7.58. The van der Waals surface area contributed by atoms with E-state index in [1.165, 1.54) is 6.42 Å². The summed E-state index contributed by atoms with van der Waals surface area (Å²) in [5, 5.41) is 10.4. The van der Waals surface area contributed by atoms with E-state index in [4.69, 9.17) is 4.74 Å². The van der Waals surface area contributed by atoms with Crippen LogP contribution in [0.15, 0.2) is 12.1 Å². The zero-order valence-electron chi connectivity index (χ0n) is 12.2. The van der Waals surface area contributed by atoms with Crippen molar-refractivity contribution >= 4 is 0 Å². The molecule has 2 saturated carbocycles. The van der Waals surface area contributed by atoms with E-state index in [0.29, 0.717) is 17.6 Å². The van der Waals surface area contributed by atoms with Crippen LogP contribution in [0.3, 0.4) is 0 Å². The van der Waals surface area contributed by atoms with Gasteiger partial charge in [0.2, 0.25) is 0 Å². The Morgan fingerprint density at radius 3 is 2.74 bits per heavy atom. The lowest BCUT2D eigenvalue weighted by atomic mass is 9.45. The van der Waals surface area contributed by atoms with Crippen LogP contribution in [0.5, 0.6) is 11.5 Å². The van der Waals surface area contributed by atoms with Gasteiger partial charge in [0.15, 0.2) is 0 Å². The zero-order valence-corrected chi connectivity index (χ0v) is 12.2. The smallest absolute Gasteiger partial charge is 0.127 e. The summed E-state index contributed by atoms with van der Waals surface area (Å²) in [5.41, 5.74) is 2.41. The van der Waals surface area contributed by atoms with Crippen molar-refractivity contribution in [1.29, 1.82) is 0 Å². The van der Waals surface area contributed by atoms with Gasteiger partial charge in [0.25, 0.3) is 0 Å². The first-order valence-corrected chi connectivity index (χ1v) is 7.37. The van der Waals surface area contributed by atoms with Crippen LogP contribution in [0.1, 0.15) is 50.7 Å². The largest absolute Gasteiger partial charge is 0.508 e. The van der Waals surface area contributed by atoms with E-state index in [-0.39, 0.29) is 11.0 Å². The van der Waals surface area contributed by atoms with E-state index < -0.39 is 0 Å². The highest BCUT2D eigenvalue weighted by Gasteiger charge is 2.69. The highest BCUT2D eigenvalue weighted by molar-refractivity contribution is 5.54. The molecule has 0 radical (unpaired) electrons. The Labute approximate surface area is 114 Å². The number of aromatic hydroxyl groups is 1. The number of ether oxygens (including phenoxy) is 1. The van der Waals surface area contributed by atoms with Gasteiger partial charge in [-0.25, -0.2) is 0 Å². The number of phenols is 1. The Bertz CT molecular complexity index is 575. The molecule has 4 rings (SSSR count). The van der Waals surface area contributed by atoms with Crippen LogP contribution in [0.4, 0.5) is 0 Å². The fraction of sp³-hybridized carbons (Fsp3) is 0.647. The van der Waals surface area contributed by atoms with Crippen LogP contribution < -0.4 is 4.74 Å². The number of phenolic OH excluding ortho intramolecular Hbond substituents is 1. The summed E-state index contributed by atoms with van der Waals surface area (Å²) in [5.74, 6) is 3.14. The van der Waals surface area contributed by atoms with Crippen molar-refractivity contribution in [3.05, 3.63) is 23.3 Å². The summed E-state index contributed by atoms with van der Waals surface area (Å²) in [6, 6.07) is 3.97. The molecule has 2 nitrogen and oxygen atoms in total. The van der Waals surface area contributed by atoms with Crippen LogP contribution in [0.2, 0.25) is 0 Å². The maximum absolute atomic E-state index is 10.4. The Kier molecular flexibility index (Phi) is 1.90. The highest BCUT2D eigenvalue weighted by Crippen LogP contribution is 2.74. The van der Waals surface area contributed by atoms with Gasteiger partial charge >= 0.3 is 0 Å². The van der Waals surface area contributed by atoms with Gasteiger partial charge in [0, 0.05) is 17.4 Å². The van der Waals surface area contributed by atoms with E-state index in [1.807, 2.05) is 13.0 Å². The molecular formula is C17H22O2. The predicted octanol–water partition coefficient (Wildman–Crippen LogP) is 4.00. The summed E-state index contributed by atoms with van der Waals surface area (Å²) >= 11 is 0. The molecule has 0 aromatic heterocycles. The molecular weight excluding hydrogens is 236 g/mol. The summed E-state index contributed by atoms with van der Waals surface area (Å²) in [4.78, 5) is 0. The number of rotatable bonds is 0. The third-order valence-electron chi connectivity index (χ3n) is 6.13. The van der Waals surface area contributed by atoms with E-state index in [1.54, 1.807) is 0 Å². The molecule has 0 spiro atoms. The maximum atomic E-state index is 10.4. The zero-order chi connectivity index (χ0) is 13.6. The molecule has 19 heavy (non-hydrogen) atoms. The first-order chi connectivity index (χ1) is 8.84. The summed E-state index contributed by atoms with van der Waals surface area (Å²) in [6.07, 6.45) is 2.41. The number of hydrogen-bond donors (Lipinski definition) is 1. The second-order valence-corrected chi connectivity index (χ2v) is 7.58. The summed E-state index contributed by atoms with van der Waals surface area (Å²) < 4.78 is 6.34. The molecule has 0 saturated heterocycles. The molecule has 1 N–H and O–H groups in total. The number of fused-ring (bicyclic) bond motifs is 2. The van der Waals surface area contributed by atoms with Crippen molar-refractivity contribution in [1.82, 2.24) is 0 Å². The van der Waals surface area contributed by atoms with Gasteiger partial charge in [-0.15, -0.1) is 0 Å². The fourth-order valence-corrected chi connectivity index (χ4v) is 5.27. The molecule has 2 aliphatic carbocycles. The minimum Gasteiger partial charge on any atom is -0.508 e. The van der Waals surface area contributed by atoms with Crippen molar-refractivity contribution in [2.24, 2.45) is 17.3 Å². The third kappa shape index (κ3) is 1.19. The van der Waals surface area contributed by atoms with E-state index in [0.717, 1.165) is 29.2 Å². The quantitative estimate of drug-likeness (QED) is 0.762. The SMILES string of the molecule is Cc1cc(O)c2c(c1)OC1(C)CCC3C1C2C3(C)C. The molecule has 0 bridgehead atoms. The predicted molar refractivity (Wildman–Crippen MR) is 74.6 cm³/mol. The average Bonchev–Trinajstić information content (AvgIpc) is 2.61. The minimum atomic E-state index is -0.0158. The summed E-state index contributed by atoms with van der Waals surface area (Å²) in [6.45, 7) is 9.00. The lowest BCUT2D eigenvalue weighted by molar-refractivity contribution is -0.121. The molecule has 2 heteroatoms. The lowest BCUT2D eigenvalue weighted by Gasteiger charge is -2.62. The van der Waals surface area contributed by atoms with Crippen LogP contribution >= 0.6 is 0 Å². The van der Waals surface area contributed by atoms with E-state index in [9.17, 15) is 5.11 Å². The number of aryl methyl sites for hydroxylation is 1. The van der Waals surface area contributed by atoms with Crippen molar-refractivity contribution in [3.63, 3.8) is 0 Å². The van der Waals surface area contributed by atoms with Gasteiger partial charge < -0.3 is 9.84 Å². The molecule has 4 unspecified atom stereocenters. The number of benzene rings is 1. The van der Waals surface area contributed by atoms with Gasteiger partial charge in [0.05, 0.1) is 0 Å². The molecule has 3 aliphatic rings. The fourth-order valence-electron chi connectivity index (χ4n) is 5.27. The van der Waals surface area contributed by atoms with Gasteiger partial charge in [-0.05, 0) is 55.7 Å². The summed E-state index contributed by atoms with van der Waals surface area (Å²) in [7, 11) is 0. The van der Waals surface area contributed by atoms with Crippen LogP contribution in [0, 0.1) is 24.2 Å². The first kappa shape index (κ1) is 11.6. The standard InChI is InChI=1S/C17H22O2/c1-9-7-11(18)13-12(8-9)19-17(4)6-5-10-14(17)15(13)16(10,2)3/h7-8,10,14-15,18H,5-6H2,1-4H3. The Hall–Kier alpha value is -1.18. The van der Waals surface area contributed by atoms with Crippen molar-refractivity contribution in [2.75, 3.05) is 0 Å². The van der Waals surface area contributed by atoms with Crippen molar-refractivity contribution < 1.29 is 9.84 Å². The molecule has 0 amide bonds. The minimum absolute atomic E-state index is 0.0158. The second kappa shape index (κ2) is 3.11. The maximum Gasteiger partial charge on any atom is 0.127 e. The Morgan fingerprint density at radius 1 is 1.26 bits per heavy atom. The topological polar surface area (TPSA) is 29.5 Å². The number of hydrogen-bond acceptors (Lipinski definition) is 2. The van der Waals surface area contributed by atoms with Crippen LogP contribution in [0.25, 0.3) is 0 Å². The lowest BCUT2D eigenvalue weighted by Crippen LogP contribution is -2.59. The van der Waals surface area contributed by atoms with Crippen molar-refractivity contribution in [3.8, 4) is 11.5 Å². The van der Waals surface area contributed by atoms with Crippen molar-refractivity contribution in [2.45, 2.75) is 52.1 Å². The average molecular weight is 258 g/mol. The molecule has 102 valence electrons. The van der Waals surface area contributed by atoms with E-state index in [2.05, 4.69) is 26.8 Å². The third-order valence-corrected chi connectivity index (χ3v) is 6.13. The Morgan fingerprint density at radius 2 is 2.00 bits per heavy atom. The highest BCUT2D eigenvalue weighted by atomic mass is 16.5. The van der Waals surface area contributed by atoms with Crippen LogP contribution in [-0.2, 0) is 0 Å². The first-order valence-electron chi connectivity index (χ1n) is 7.37. The monoisotopic (exact) mass is 258 g/mol. The normalized spacial score (nSPS) is 40.9. The van der Waals surface area contributed by atoms with Gasteiger partial charge in [-0.1, -0.05) is 13.8 Å². The molecule has 2 fully saturated rings. The molecule has 1 aromatic carbocycles. The molecule has 4 atom stereocenters. The Balaban J connectivity index is 1.95. The molecule has 1 heterocycles. The van der Waals surface area contributed by atoms with Gasteiger partial charge in [0.1, 0.15) is 17.1 Å². The molecule has 1 aromatic rings. The molecule has 1 aliphatic heterocycles. The van der Waals surface area contributed by atoms with Gasteiger partial charge in [-0.3, -0.25) is 0 Å². The van der Waals surface area contributed by atoms with E-state index >= 15 is 0 Å². The van der Waals surface area contributed by atoms with Crippen LogP contribution in [-0.4, -0.2) is 10.7 Å². The van der Waals surface area contributed by atoms with Gasteiger partial charge in [-0.2, -0.15) is 0 Å².